The van der Waals surface area contributed by atoms with Gasteiger partial charge in [0.25, 0.3) is 0 Å². The lowest BCUT2D eigenvalue weighted by atomic mass is 9.92. The monoisotopic (exact) mass is 732 g/mol. The van der Waals surface area contributed by atoms with Crippen molar-refractivity contribution in [1.29, 1.82) is 0 Å². The van der Waals surface area contributed by atoms with Crippen LogP contribution in [0.1, 0.15) is 44.1 Å². The van der Waals surface area contributed by atoms with Gasteiger partial charge in [0.05, 0.1) is 24.0 Å². The molecule has 3 aromatic carbocycles. The Hall–Kier alpha value is -4.16. The van der Waals surface area contributed by atoms with E-state index in [0.29, 0.717) is 37.4 Å². The molecule has 5 heterocycles. The van der Waals surface area contributed by atoms with Gasteiger partial charge >= 0.3 is 6.01 Å². The summed E-state index contributed by atoms with van der Waals surface area (Å²) in [5.41, 5.74) is -1.09. The minimum Gasteiger partial charge on any atom is -0.508 e. The van der Waals surface area contributed by atoms with Gasteiger partial charge in [0.1, 0.15) is 28.7 Å². The Labute approximate surface area is 300 Å². The maximum absolute atomic E-state index is 17.0. The van der Waals surface area contributed by atoms with Crippen molar-refractivity contribution in [2.45, 2.75) is 62.7 Å². The first-order chi connectivity index (χ1) is 24.9. The average Bonchev–Trinajstić information content (AvgIpc) is 3.68. The minimum absolute atomic E-state index is 0.0272. The second-order valence-electron chi connectivity index (χ2n) is 15.4. The molecular weight excluding hydrogens is 694 g/mol. The molecular formula is C38H39F3N6O4S. The van der Waals surface area contributed by atoms with Gasteiger partial charge in [0, 0.05) is 78.6 Å². The predicted molar refractivity (Wildman–Crippen MR) is 191 cm³/mol. The summed E-state index contributed by atoms with van der Waals surface area (Å²) in [4.78, 5) is 13.7. The van der Waals surface area contributed by atoms with Gasteiger partial charge in [-0.15, -0.1) is 6.42 Å². The number of phenols is 1. The number of aromatic nitrogens is 2. The second-order valence-corrected chi connectivity index (χ2v) is 17.3. The third-order valence-corrected chi connectivity index (χ3v) is 13.1. The van der Waals surface area contributed by atoms with Crippen LogP contribution in [0.25, 0.3) is 32.8 Å². The molecule has 0 spiro atoms. The quantitative estimate of drug-likeness (QED) is 0.248. The molecule has 4 unspecified atom stereocenters. The summed E-state index contributed by atoms with van der Waals surface area (Å²) in [7, 11) is -3.27. The molecule has 1 aliphatic carbocycles. The van der Waals surface area contributed by atoms with E-state index in [9.17, 15) is 17.9 Å². The normalized spacial score (nSPS) is 25.6. The first kappa shape index (κ1) is 33.7. The van der Waals surface area contributed by atoms with Gasteiger partial charge in [-0.2, -0.15) is 14.3 Å². The number of piperazine rings is 2. The Morgan fingerprint density at radius 3 is 2.37 bits per heavy atom. The summed E-state index contributed by atoms with van der Waals surface area (Å²) < 4.78 is 81.1. The predicted octanol–water partition coefficient (Wildman–Crippen LogP) is 4.76. The molecule has 272 valence electrons. The van der Waals surface area contributed by atoms with E-state index in [2.05, 4.69) is 21.1 Å². The maximum atomic E-state index is 17.0. The summed E-state index contributed by atoms with van der Waals surface area (Å²) >= 11 is 0. The molecule has 14 heteroatoms. The molecule has 1 aromatic heterocycles. The van der Waals surface area contributed by atoms with Gasteiger partial charge in [-0.1, -0.05) is 12.0 Å². The summed E-state index contributed by atoms with van der Waals surface area (Å²) in [6.45, 7) is 3.55. The molecule has 52 heavy (non-hydrogen) atoms. The first-order valence-corrected chi connectivity index (χ1v) is 19.7. The van der Waals surface area contributed by atoms with Crippen LogP contribution in [0.3, 0.4) is 0 Å². The molecule has 1 saturated carbocycles. The Kier molecular flexibility index (Phi) is 7.89. The van der Waals surface area contributed by atoms with Gasteiger partial charge < -0.3 is 20.1 Å². The van der Waals surface area contributed by atoms with Crippen LogP contribution in [-0.4, -0.2) is 102 Å². The molecule has 4 bridgehead atoms. The SMILES string of the molecule is C#Cc1c(F)ccc2cc(O)cc(-c3c(F)cc4c(N5CC6CCC(C5)N6)nc(OCC5(CN6CC7CCC(C6)N7S(C)(=O)=O)CC5)nc4c3F)c12. The number of halogens is 3. The number of likely N-dealkylation sites (tertiary alicyclic amines) is 1. The van der Waals surface area contributed by atoms with E-state index < -0.39 is 33.0 Å². The van der Waals surface area contributed by atoms with Crippen LogP contribution in [0.15, 0.2) is 30.3 Å². The summed E-state index contributed by atoms with van der Waals surface area (Å²) in [6, 6.07) is 6.65. The Balaban J connectivity index is 1.09. The van der Waals surface area contributed by atoms with E-state index in [1.165, 1.54) is 30.5 Å². The van der Waals surface area contributed by atoms with E-state index in [-0.39, 0.29) is 75.4 Å². The van der Waals surface area contributed by atoms with Crippen LogP contribution in [0.2, 0.25) is 0 Å². The zero-order valence-electron chi connectivity index (χ0n) is 28.7. The summed E-state index contributed by atoms with van der Waals surface area (Å²) in [5, 5.41) is 14.8. The number of rotatable bonds is 8. The highest BCUT2D eigenvalue weighted by molar-refractivity contribution is 7.88. The fourth-order valence-corrected chi connectivity index (χ4v) is 10.7. The number of nitrogens with zero attached hydrogens (tertiary/aromatic N) is 5. The molecule has 5 fully saturated rings. The van der Waals surface area contributed by atoms with Gasteiger partial charge in [-0.3, -0.25) is 4.90 Å². The third-order valence-electron chi connectivity index (χ3n) is 11.7. The van der Waals surface area contributed by atoms with Crippen molar-refractivity contribution < 1.29 is 31.4 Å². The number of aromatic hydroxyl groups is 1. The van der Waals surface area contributed by atoms with Crippen LogP contribution < -0.4 is 15.0 Å². The number of hydrogen-bond acceptors (Lipinski definition) is 9. The zero-order chi connectivity index (χ0) is 36.1. The molecule has 0 radical (unpaired) electrons. The van der Waals surface area contributed by atoms with Crippen molar-refractivity contribution in [3.05, 3.63) is 53.3 Å². The van der Waals surface area contributed by atoms with E-state index in [0.717, 1.165) is 51.1 Å². The molecule has 4 aromatic rings. The minimum atomic E-state index is -3.27. The number of sulfonamides is 1. The van der Waals surface area contributed by atoms with Crippen molar-refractivity contribution in [2.24, 2.45) is 5.41 Å². The van der Waals surface area contributed by atoms with Crippen LogP contribution in [0.5, 0.6) is 11.8 Å². The molecule has 0 amide bonds. The topological polar surface area (TPSA) is 111 Å². The van der Waals surface area contributed by atoms with Crippen molar-refractivity contribution >= 4 is 37.5 Å². The fraction of sp³-hybridized carbons (Fsp3) is 0.474. The average molecular weight is 733 g/mol. The molecule has 4 aliphatic heterocycles. The van der Waals surface area contributed by atoms with Gasteiger partial charge in [0.2, 0.25) is 10.0 Å². The Morgan fingerprint density at radius 1 is 1.00 bits per heavy atom. The van der Waals surface area contributed by atoms with Gasteiger partial charge in [-0.25, -0.2) is 21.6 Å². The van der Waals surface area contributed by atoms with E-state index in [1.807, 2.05) is 4.90 Å². The standard InChI is InChI=1S/C38H39F3N6O4S/c1-3-27-30(39)9-4-21-12-26(48)13-28(32(21)27)33-31(40)14-29-35(34(33)41)43-37(44-36(29)46-15-22-5-6-23(16-46)42-22)51-20-38(10-11-38)19-45-17-24-7-8-25(18-45)47(24)52(2,49)50/h1,4,9,12-14,22-25,42,48H,5-8,10-11,15-20H2,2H3. The van der Waals surface area contributed by atoms with Crippen molar-refractivity contribution in [3.8, 4) is 35.2 Å². The second kappa shape index (κ2) is 12.2. The lowest BCUT2D eigenvalue weighted by Crippen LogP contribution is -2.56. The molecule has 4 atom stereocenters. The molecule has 2 N–H and O–H groups in total. The maximum Gasteiger partial charge on any atom is 0.319 e. The molecule has 10 nitrogen and oxygen atoms in total. The van der Waals surface area contributed by atoms with Crippen molar-refractivity contribution in [2.75, 3.05) is 50.5 Å². The Morgan fingerprint density at radius 2 is 1.71 bits per heavy atom. The lowest BCUT2D eigenvalue weighted by Gasteiger charge is -2.40. The summed E-state index contributed by atoms with van der Waals surface area (Å²) in [5.74, 6) is -0.234. The highest BCUT2D eigenvalue weighted by atomic mass is 32.2. The molecule has 4 saturated heterocycles. The van der Waals surface area contributed by atoms with Crippen molar-refractivity contribution in [3.63, 3.8) is 0 Å². The summed E-state index contributed by atoms with van der Waals surface area (Å²) in [6.07, 6.45) is 12.5. The highest BCUT2D eigenvalue weighted by Gasteiger charge is 2.50. The van der Waals surface area contributed by atoms with Gasteiger partial charge in [0.15, 0.2) is 5.82 Å². The zero-order valence-corrected chi connectivity index (χ0v) is 29.5. The van der Waals surface area contributed by atoms with E-state index in [1.54, 1.807) is 4.31 Å². The number of nitrogens with one attached hydrogen (secondary N) is 1. The van der Waals surface area contributed by atoms with Crippen LogP contribution in [-0.2, 0) is 10.0 Å². The molecule has 5 aliphatic rings. The first-order valence-electron chi connectivity index (χ1n) is 17.9. The number of terminal acetylenes is 1. The third kappa shape index (κ3) is 5.73. The highest BCUT2D eigenvalue weighted by Crippen LogP contribution is 2.48. The van der Waals surface area contributed by atoms with Gasteiger partial charge in [-0.05, 0) is 68.2 Å². The number of fused-ring (bicyclic) bond motifs is 6. The Bertz CT molecular complexity index is 2270. The van der Waals surface area contributed by atoms with Crippen molar-refractivity contribution in [1.82, 2.24) is 24.5 Å². The largest absolute Gasteiger partial charge is 0.508 e. The fourth-order valence-electron chi connectivity index (χ4n) is 9.28. The number of ether oxygens (including phenoxy) is 1. The van der Waals surface area contributed by atoms with E-state index >= 15 is 8.78 Å². The number of anilines is 1. The number of hydrogen-bond donors (Lipinski definition) is 2. The van der Waals surface area contributed by atoms with E-state index in [4.69, 9.17) is 16.1 Å². The van der Waals surface area contributed by atoms with Crippen LogP contribution in [0.4, 0.5) is 19.0 Å². The van der Waals surface area contributed by atoms with Crippen LogP contribution in [0, 0.1) is 35.2 Å². The lowest BCUT2D eigenvalue weighted by molar-refractivity contribution is 0.0907. The number of phenolic OH excluding ortho intramolecular Hbond substituents is 1. The van der Waals surface area contributed by atoms with Crippen LogP contribution >= 0.6 is 0 Å². The molecule has 9 rings (SSSR count). The number of benzene rings is 3. The smallest absolute Gasteiger partial charge is 0.319 e.